The Balaban J connectivity index is 1.95. The maximum absolute atomic E-state index is 11.4. The monoisotopic (exact) mass is 190 g/mol. The topological polar surface area (TPSA) is 55.1 Å². The number of carbonyl (C=O) groups excluding carboxylic acids is 1. The molecule has 3 heteroatoms. The van der Waals surface area contributed by atoms with Crippen molar-refractivity contribution in [3.8, 4) is 0 Å². The lowest BCUT2D eigenvalue weighted by Crippen LogP contribution is -2.27. The molecule has 1 saturated carbocycles. The Labute approximate surface area is 83.3 Å². The van der Waals surface area contributed by atoms with E-state index in [9.17, 15) is 4.79 Å². The van der Waals surface area contributed by atoms with Crippen LogP contribution in [0.3, 0.4) is 0 Å². The minimum Gasteiger partial charge on any atom is -0.398 e. The van der Waals surface area contributed by atoms with Gasteiger partial charge in [-0.25, -0.2) is 0 Å². The van der Waals surface area contributed by atoms with Crippen molar-refractivity contribution in [3.05, 3.63) is 29.8 Å². The van der Waals surface area contributed by atoms with E-state index in [0.717, 1.165) is 18.4 Å². The number of carbonyl (C=O) groups is 1. The smallest absolute Gasteiger partial charge is 0.224 e. The summed E-state index contributed by atoms with van der Waals surface area (Å²) in [5.41, 5.74) is 7.34. The van der Waals surface area contributed by atoms with Gasteiger partial charge in [-0.1, -0.05) is 18.2 Å². The lowest BCUT2D eigenvalue weighted by molar-refractivity contribution is -0.120. The van der Waals surface area contributed by atoms with E-state index in [1.807, 2.05) is 24.3 Å². The van der Waals surface area contributed by atoms with Gasteiger partial charge in [0.2, 0.25) is 5.91 Å². The summed E-state index contributed by atoms with van der Waals surface area (Å²) in [4.78, 5) is 11.4. The van der Waals surface area contributed by atoms with Gasteiger partial charge in [-0.3, -0.25) is 4.79 Å². The molecule has 0 spiro atoms. The first-order valence-corrected chi connectivity index (χ1v) is 4.88. The summed E-state index contributed by atoms with van der Waals surface area (Å²) in [6, 6.07) is 7.90. The molecule has 0 unspecified atom stereocenters. The van der Waals surface area contributed by atoms with Crippen LogP contribution >= 0.6 is 0 Å². The van der Waals surface area contributed by atoms with Crippen LogP contribution in [0.5, 0.6) is 0 Å². The molecule has 1 aliphatic rings. The maximum Gasteiger partial charge on any atom is 0.224 e. The fourth-order valence-electron chi connectivity index (χ4n) is 1.37. The SMILES string of the molecule is Nc1ccccc1CC(=O)NC1CC1. The number of hydrogen-bond acceptors (Lipinski definition) is 2. The number of hydrogen-bond donors (Lipinski definition) is 2. The van der Waals surface area contributed by atoms with Crippen LogP contribution in [0.4, 0.5) is 5.69 Å². The largest absolute Gasteiger partial charge is 0.398 e. The zero-order valence-electron chi connectivity index (χ0n) is 7.99. The van der Waals surface area contributed by atoms with Gasteiger partial charge in [-0.15, -0.1) is 0 Å². The summed E-state index contributed by atoms with van der Waals surface area (Å²) in [6.07, 6.45) is 2.63. The van der Waals surface area contributed by atoms with Gasteiger partial charge in [-0.2, -0.15) is 0 Å². The lowest BCUT2D eigenvalue weighted by atomic mass is 10.1. The second-order valence-corrected chi connectivity index (χ2v) is 3.72. The van der Waals surface area contributed by atoms with Gasteiger partial charge in [-0.05, 0) is 24.5 Å². The highest BCUT2D eigenvalue weighted by Crippen LogP contribution is 2.19. The van der Waals surface area contributed by atoms with E-state index in [1.54, 1.807) is 0 Å². The Hall–Kier alpha value is -1.51. The molecule has 0 bridgehead atoms. The van der Waals surface area contributed by atoms with Gasteiger partial charge in [0.25, 0.3) is 0 Å². The highest BCUT2D eigenvalue weighted by molar-refractivity contribution is 5.80. The third-order valence-corrected chi connectivity index (χ3v) is 2.35. The van der Waals surface area contributed by atoms with Crippen LogP contribution in [0.15, 0.2) is 24.3 Å². The highest BCUT2D eigenvalue weighted by atomic mass is 16.1. The van der Waals surface area contributed by atoms with E-state index in [4.69, 9.17) is 5.73 Å². The van der Waals surface area contributed by atoms with Gasteiger partial charge in [0.15, 0.2) is 0 Å². The first-order chi connectivity index (χ1) is 6.75. The van der Waals surface area contributed by atoms with Gasteiger partial charge in [0, 0.05) is 11.7 Å². The van der Waals surface area contributed by atoms with Crippen molar-refractivity contribution in [3.63, 3.8) is 0 Å². The van der Waals surface area contributed by atoms with Crippen molar-refractivity contribution >= 4 is 11.6 Å². The Morgan fingerprint density at radius 3 is 2.79 bits per heavy atom. The van der Waals surface area contributed by atoms with Crippen LogP contribution in [0, 0.1) is 0 Å². The molecule has 1 amide bonds. The molecular formula is C11H14N2O. The molecule has 1 fully saturated rings. The van der Waals surface area contributed by atoms with Crippen LogP contribution in [-0.4, -0.2) is 11.9 Å². The lowest BCUT2D eigenvalue weighted by Gasteiger charge is -2.05. The Bertz CT molecular complexity index is 345. The Morgan fingerprint density at radius 2 is 2.14 bits per heavy atom. The number of amides is 1. The zero-order chi connectivity index (χ0) is 9.97. The van der Waals surface area contributed by atoms with Crippen LogP contribution in [-0.2, 0) is 11.2 Å². The molecule has 1 aliphatic carbocycles. The third kappa shape index (κ3) is 2.25. The average molecular weight is 190 g/mol. The first kappa shape index (κ1) is 9.06. The van der Waals surface area contributed by atoms with Gasteiger partial charge < -0.3 is 11.1 Å². The molecule has 0 aromatic heterocycles. The van der Waals surface area contributed by atoms with E-state index < -0.39 is 0 Å². The van der Waals surface area contributed by atoms with Gasteiger partial charge in [0.1, 0.15) is 0 Å². The van der Waals surface area contributed by atoms with Gasteiger partial charge >= 0.3 is 0 Å². The van der Waals surface area contributed by atoms with Crippen molar-refractivity contribution < 1.29 is 4.79 Å². The molecule has 0 radical (unpaired) electrons. The van der Waals surface area contributed by atoms with E-state index in [1.165, 1.54) is 0 Å². The predicted molar refractivity (Wildman–Crippen MR) is 55.7 cm³/mol. The van der Waals surface area contributed by atoms with Crippen molar-refractivity contribution in [2.75, 3.05) is 5.73 Å². The minimum atomic E-state index is 0.0744. The van der Waals surface area contributed by atoms with Crippen molar-refractivity contribution in [1.82, 2.24) is 5.32 Å². The molecule has 3 nitrogen and oxygen atoms in total. The Kier molecular flexibility index (Phi) is 2.39. The molecule has 2 rings (SSSR count). The van der Waals surface area contributed by atoms with E-state index in [2.05, 4.69) is 5.32 Å². The van der Waals surface area contributed by atoms with Crippen LogP contribution in [0.2, 0.25) is 0 Å². The van der Waals surface area contributed by atoms with E-state index in [-0.39, 0.29) is 5.91 Å². The second-order valence-electron chi connectivity index (χ2n) is 3.72. The number of rotatable bonds is 3. The summed E-state index contributed by atoms with van der Waals surface area (Å²) < 4.78 is 0. The Morgan fingerprint density at radius 1 is 1.43 bits per heavy atom. The zero-order valence-corrected chi connectivity index (χ0v) is 7.99. The van der Waals surface area contributed by atoms with E-state index >= 15 is 0 Å². The quantitative estimate of drug-likeness (QED) is 0.701. The minimum absolute atomic E-state index is 0.0744. The fourth-order valence-corrected chi connectivity index (χ4v) is 1.37. The summed E-state index contributed by atoms with van der Waals surface area (Å²) >= 11 is 0. The molecule has 0 saturated heterocycles. The molecule has 74 valence electrons. The number of benzene rings is 1. The maximum atomic E-state index is 11.4. The molecule has 0 aliphatic heterocycles. The van der Waals surface area contributed by atoms with Crippen LogP contribution in [0.1, 0.15) is 18.4 Å². The molecular weight excluding hydrogens is 176 g/mol. The fraction of sp³-hybridized carbons (Fsp3) is 0.364. The molecule has 0 heterocycles. The normalized spacial score (nSPS) is 15.1. The van der Waals surface area contributed by atoms with Gasteiger partial charge in [0.05, 0.1) is 6.42 Å². The van der Waals surface area contributed by atoms with Crippen LogP contribution in [0.25, 0.3) is 0 Å². The highest BCUT2D eigenvalue weighted by Gasteiger charge is 2.23. The number of anilines is 1. The number of para-hydroxylation sites is 1. The van der Waals surface area contributed by atoms with Crippen molar-refractivity contribution in [2.24, 2.45) is 0 Å². The summed E-state index contributed by atoms with van der Waals surface area (Å²) in [5, 5.41) is 2.94. The second kappa shape index (κ2) is 3.70. The summed E-state index contributed by atoms with van der Waals surface area (Å²) in [6.45, 7) is 0. The molecule has 1 aromatic rings. The molecule has 0 atom stereocenters. The first-order valence-electron chi connectivity index (χ1n) is 4.88. The average Bonchev–Trinajstić information content (AvgIpc) is 2.93. The number of nitrogen functional groups attached to an aromatic ring is 1. The molecule has 14 heavy (non-hydrogen) atoms. The third-order valence-electron chi connectivity index (χ3n) is 2.35. The summed E-state index contributed by atoms with van der Waals surface area (Å²) in [7, 11) is 0. The molecule has 3 N–H and O–H groups in total. The number of nitrogens with two attached hydrogens (primary N) is 1. The van der Waals surface area contributed by atoms with Crippen molar-refractivity contribution in [1.29, 1.82) is 0 Å². The summed E-state index contributed by atoms with van der Waals surface area (Å²) in [5.74, 6) is 0.0744. The predicted octanol–water partition coefficient (Wildman–Crippen LogP) is 1.09. The molecule has 1 aromatic carbocycles. The van der Waals surface area contributed by atoms with Crippen LogP contribution < -0.4 is 11.1 Å². The number of nitrogens with one attached hydrogen (secondary N) is 1. The van der Waals surface area contributed by atoms with E-state index in [0.29, 0.717) is 18.2 Å². The standard InChI is InChI=1S/C11H14N2O/c12-10-4-2-1-3-8(10)7-11(14)13-9-5-6-9/h1-4,9H,5-7,12H2,(H,13,14). The van der Waals surface area contributed by atoms with Crippen molar-refractivity contribution in [2.45, 2.75) is 25.3 Å².